The molecule has 0 unspecified atom stereocenters. The number of hydroxylamine groups is 2. The molecular weight excluding hydrogens is 202 g/mol. The Hall–Kier alpha value is -0.570. The third-order valence-electron chi connectivity index (χ3n) is 3.33. The van der Waals surface area contributed by atoms with Crippen LogP contribution in [0.15, 0.2) is 0 Å². The standard InChI is InChI=1S/C13H25NO2/c1-10(2)11(15)16-14-12(3,4)8-7-9-13(14,5)6/h10H,7-9H2,1-6H3. The summed E-state index contributed by atoms with van der Waals surface area (Å²) < 4.78 is 0. The van der Waals surface area contributed by atoms with Crippen molar-refractivity contribution in [1.82, 2.24) is 5.06 Å². The molecule has 0 amide bonds. The van der Waals surface area contributed by atoms with Crippen molar-refractivity contribution in [1.29, 1.82) is 0 Å². The third-order valence-corrected chi connectivity index (χ3v) is 3.33. The van der Waals surface area contributed by atoms with Crippen LogP contribution in [0.4, 0.5) is 0 Å². The first-order valence-electron chi connectivity index (χ1n) is 6.19. The minimum atomic E-state index is -0.136. The monoisotopic (exact) mass is 227 g/mol. The summed E-state index contributed by atoms with van der Waals surface area (Å²) in [6.45, 7) is 12.3. The Labute approximate surface area is 99.1 Å². The summed E-state index contributed by atoms with van der Waals surface area (Å²) in [4.78, 5) is 17.3. The number of rotatable bonds is 2. The summed E-state index contributed by atoms with van der Waals surface area (Å²) in [7, 11) is 0. The fourth-order valence-corrected chi connectivity index (χ4v) is 2.42. The van der Waals surface area contributed by atoms with Crippen LogP contribution in [0.5, 0.6) is 0 Å². The first kappa shape index (κ1) is 13.5. The lowest BCUT2D eigenvalue weighted by Gasteiger charge is -2.50. The maximum atomic E-state index is 11.7. The second-order valence-corrected chi connectivity index (χ2v) is 6.34. The van der Waals surface area contributed by atoms with E-state index in [4.69, 9.17) is 4.84 Å². The van der Waals surface area contributed by atoms with Gasteiger partial charge in [0, 0.05) is 0 Å². The van der Waals surface area contributed by atoms with Gasteiger partial charge in [0.05, 0.1) is 17.0 Å². The molecular formula is C13H25NO2. The average Bonchev–Trinajstić information content (AvgIpc) is 2.10. The molecule has 0 N–H and O–H groups in total. The van der Waals surface area contributed by atoms with Gasteiger partial charge in [-0.3, -0.25) is 4.79 Å². The van der Waals surface area contributed by atoms with Gasteiger partial charge in [0.1, 0.15) is 0 Å². The number of nitrogens with zero attached hydrogens (tertiary/aromatic N) is 1. The van der Waals surface area contributed by atoms with E-state index in [0.29, 0.717) is 0 Å². The maximum absolute atomic E-state index is 11.7. The van der Waals surface area contributed by atoms with E-state index in [-0.39, 0.29) is 23.0 Å². The molecule has 0 radical (unpaired) electrons. The van der Waals surface area contributed by atoms with E-state index >= 15 is 0 Å². The molecule has 1 rings (SSSR count). The molecule has 0 spiro atoms. The molecule has 0 atom stereocenters. The van der Waals surface area contributed by atoms with Gasteiger partial charge in [-0.25, -0.2) is 0 Å². The van der Waals surface area contributed by atoms with E-state index in [1.165, 1.54) is 6.42 Å². The van der Waals surface area contributed by atoms with Crippen molar-refractivity contribution in [3.8, 4) is 0 Å². The summed E-state index contributed by atoms with van der Waals surface area (Å²) in [6.07, 6.45) is 3.33. The highest BCUT2D eigenvalue weighted by Gasteiger charge is 2.44. The smallest absolute Gasteiger partial charge is 0.327 e. The van der Waals surface area contributed by atoms with Gasteiger partial charge in [-0.1, -0.05) is 13.8 Å². The first-order valence-corrected chi connectivity index (χ1v) is 6.19. The van der Waals surface area contributed by atoms with Crippen LogP contribution in [0.25, 0.3) is 0 Å². The van der Waals surface area contributed by atoms with Crippen molar-refractivity contribution in [2.45, 2.75) is 71.9 Å². The average molecular weight is 227 g/mol. The fraction of sp³-hybridized carbons (Fsp3) is 0.923. The third kappa shape index (κ3) is 2.76. The highest BCUT2D eigenvalue weighted by atomic mass is 16.7. The molecule has 16 heavy (non-hydrogen) atoms. The Morgan fingerprint density at radius 3 is 1.94 bits per heavy atom. The SMILES string of the molecule is CC(C)C(=O)ON1C(C)(C)CCCC1(C)C. The van der Waals surface area contributed by atoms with Crippen LogP contribution in [0.2, 0.25) is 0 Å². The Morgan fingerprint density at radius 2 is 1.56 bits per heavy atom. The number of hydrogen-bond donors (Lipinski definition) is 0. The van der Waals surface area contributed by atoms with Crippen LogP contribution in [-0.4, -0.2) is 22.1 Å². The topological polar surface area (TPSA) is 29.5 Å². The van der Waals surface area contributed by atoms with E-state index in [9.17, 15) is 4.79 Å². The van der Waals surface area contributed by atoms with E-state index in [0.717, 1.165) is 12.8 Å². The van der Waals surface area contributed by atoms with Gasteiger partial charge >= 0.3 is 5.97 Å². The fourth-order valence-electron chi connectivity index (χ4n) is 2.42. The minimum absolute atomic E-state index is 0.0632. The Balaban J connectivity index is 2.83. The predicted octanol–water partition coefficient (Wildman–Crippen LogP) is 3.14. The van der Waals surface area contributed by atoms with Gasteiger partial charge in [0.2, 0.25) is 0 Å². The van der Waals surface area contributed by atoms with Crippen molar-refractivity contribution < 1.29 is 9.63 Å². The summed E-state index contributed by atoms with van der Waals surface area (Å²) in [5.74, 6) is -0.212. The zero-order chi connectivity index (χ0) is 12.6. The van der Waals surface area contributed by atoms with Crippen LogP contribution in [0.3, 0.4) is 0 Å². The molecule has 1 saturated heterocycles. The molecule has 0 saturated carbocycles. The zero-order valence-corrected chi connectivity index (χ0v) is 11.5. The van der Waals surface area contributed by atoms with Gasteiger partial charge in [-0.05, 0) is 47.0 Å². The molecule has 1 heterocycles. The van der Waals surface area contributed by atoms with E-state index in [2.05, 4.69) is 27.7 Å². The van der Waals surface area contributed by atoms with Crippen LogP contribution in [0.1, 0.15) is 60.8 Å². The minimum Gasteiger partial charge on any atom is -0.367 e. The summed E-state index contributed by atoms with van der Waals surface area (Å²) in [6, 6.07) is 0. The summed E-state index contributed by atoms with van der Waals surface area (Å²) >= 11 is 0. The number of carbonyl (C=O) groups is 1. The molecule has 0 aromatic carbocycles. The molecule has 0 aromatic heterocycles. The maximum Gasteiger partial charge on any atom is 0.327 e. The molecule has 94 valence electrons. The largest absolute Gasteiger partial charge is 0.367 e. The molecule has 3 heteroatoms. The second-order valence-electron chi connectivity index (χ2n) is 6.34. The Bertz CT molecular complexity index is 253. The second kappa shape index (κ2) is 4.36. The number of carbonyl (C=O) groups excluding carboxylic acids is 1. The first-order chi connectivity index (χ1) is 7.17. The lowest BCUT2D eigenvalue weighted by Crippen LogP contribution is -2.59. The molecule has 0 bridgehead atoms. The van der Waals surface area contributed by atoms with Crippen LogP contribution in [0, 0.1) is 5.92 Å². The highest BCUT2D eigenvalue weighted by Crippen LogP contribution is 2.38. The van der Waals surface area contributed by atoms with E-state index < -0.39 is 0 Å². The molecule has 0 aliphatic carbocycles. The van der Waals surface area contributed by atoms with Crippen molar-refractivity contribution >= 4 is 5.97 Å². The van der Waals surface area contributed by atoms with Gasteiger partial charge < -0.3 is 4.84 Å². The predicted molar refractivity (Wildman–Crippen MR) is 64.8 cm³/mol. The van der Waals surface area contributed by atoms with Crippen molar-refractivity contribution in [2.24, 2.45) is 5.92 Å². The van der Waals surface area contributed by atoms with Crippen LogP contribution >= 0.6 is 0 Å². The van der Waals surface area contributed by atoms with Crippen LogP contribution in [-0.2, 0) is 9.63 Å². The van der Waals surface area contributed by atoms with Gasteiger partial charge in [-0.15, -0.1) is 5.06 Å². The highest BCUT2D eigenvalue weighted by molar-refractivity contribution is 5.71. The molecule has 1 fully saturated rings. The Morgan fingerprint density at radius 1 is 1.12 bits per heavy atom. The summed E-state index contributed by atoms with van der Waals surface area (Å²) in [5, 5.41) is 1.91. The lowest BCUT2D eigenvalue weighted by atomic mass is 9.82. The van der Waals surface area contributed by atoms with Crippen molar-refractivity contribution in [3.63, 3.8) is 0 Å². The van der Waals surface area contributed by atoms with Gasteiger partial charge in [-0.2, -0.15) is 0 Å². The molecule has 1 aliphatic heterocycles. The van der Waals surface area contributed by atoms with Crippen molar-refractivity contribution in [2.75, 3.05) is 0 Å². The molecule has 1 aliphatic rings. The molecule has 0 aromatic rings. The van der Waals surface area contributed by atoms with E-state index in [1.54, 1.807) is 0 Å². The normalized spacial score (nSPS) is 24.4. The quantitative estimate of drug-likeness (QED) is 0.726. The summed E-state index contributed by atoms with van der Waals surface area (Å²) in [5.41, 5.74) is -0.126. The number of hydrogen-bond acceptors (Lipinski definition) is 3. The Kier molecular flexibility index (Phi) is 3.68. The molecule has 3 nitrogen and oxygen atoms in total. The van der Waals surface area contributed by atoms with Crippen molar-refractivity contribution in [3.05, 3.63) is 0 Å². The zero-order valence-electron chi connectivity index (χ0n) is 11.5. The van der Waals surface area contributed by atoms with Gasteiger partial charge in [0.15, 0.2) is 0 Å². The number of piperidine rings is 1. The van der Waals surface area contributed by atoms with Gasteiger partial charge in [0.25, 0.3) is 0 Å². The lowest BCUT2D eigenvalue weighted by molar-refractivity contribution is -0.268. The van der Waals surface area contributed by atoms with E-state index in [1.807, 2.05) is 18.9 Å². The van der Waals surface area contributed by atoms with Crippen LogP contribution < -0.4 is 0 Å².